The Balaban J connectivity index is 1.98. The summed E-state index contributed by atoms with van der Waals surface area (Å²) in [5, 5.41) is 7.19. The van der Waals surface area contributed by atoms with Crippen LogP contribution in [0.4, 0.5) is 17.5 Å². The van der Waals surface area contributed by atoms with Crippen molar-refractivity contribution in [3.8, 4) is 0 Å². The fourth-order valence-electron chi connectivity index (χ4n) is 2.37. The molecule has 0 spiro atoms. The van der Waals surface area contributed by atoms with Crippen LogP contribution in [0.3, 0.4) is 0 Å². The van der Waals surface area contributed by atoms with E-state index in [9.17, 15) is 0 Å². The van der Waals surface area contributed by atoms with E-state index in [4.69, 9.17) is 11.6 Å². The molecule has 0 amide bonds. The highest BCUT2D eigenvalue weighted by molar-refractivity contribution is 6.31. The number of aromatic nitrogens is 2. The molecule has 0 aliphatic heterocycles. The molecule has 1 aliphatic rings. The predicted molar refractivity (Wildman–Crippen MR) is 87.8 cm³/mol. The van der Waals surface area contributed by atoms with E-state index in [1.54, 1.807) is 0 Å². The molecule has 1 saturated carbocycles. The molecule has 21 heavy (non-hydrogen) atoms. The molecule has 4 nitrogen and oxygen atoms in total. The summed E-state index contributed by atoms with van der Waals surface area (Å²) >= 11 is 6.22. The number of hydrogen-bond acceptors (Lipinski definition) is 4. The van der Waals surface area contributed by atoms with Gasteiger partial charge < -0.3 is 10.6 Å². The van der Waals surface area contributed by atoms with Crippen LogP contribution in [0.15, 0.2) is 18.2 Å². The van der Waals surface area contributed by atoms with Crippen molar-refractivity contribution in [1.29, 1.82) is 0 Å². The van der Waals surface area contributed by atoms with E-state index in [-0.39, 0.29) is 0 Å². The maximum atomic E-state index is 6.22. The Morgan fingerprint density at radius 1 is 1.19 bits per heavy atom. The monoisotopic (exact) mass is 302 g/mol. The van der Waals surface area contributed by atoms with Crippen molar-refractivity contribution in [2.45, 2.75) is 32.6 Å². The minimum Gasteiger partial charge on any atom is -0.357 e. The predicted octanol–water partition coefficient (Wildman–Crippen LogP) is 4.41. The van der Waals surface area contributed by atoms with E-state index in [1.165, 1.54) is 12.8 Å². The second-order valence-corrected chi connectivity index (χ2v) is 5.92. The average molecular weight is 303 g/mol. The highest BCUT2D eigenvalue weighted by Gasteiger charge is 2.26. The van der Waals surface area contributed by atoms with Crippen molar-refractivity contribution in [2.24, 2.45) is 0 Å². The maximum Gasteiger partial charge on any atom is 0.224 e. The first-order chi connectivity index (χ1) is 10.1. The van der Waals surface area contributed by atoms with Crippen molar-refractivity contribution in [1.82, 2.24) is 9.97 Å². The molecule has 1 fully saturated rings. The van der Waals surface area contributed by atoms with Crippen molar-refractivity contribution in [2.75, 3.05) is 17.7 Å². The highest BCUT2D eigenvalue weighted by Crippen LogP contribution is 2.40. The Labute approximate surface area is 130 Å². The van der Waals surface area contributed by atoms with Crippen molar-refractivity contribution < 1.29 is 0 Å². The summed E-state index contributed by atoms with van der Waals surface area (Å²) in [6, 6.07) is 5.98. The second kappa shape index (κ2) is 5.53. The largest absolute Gasteiger partial charge is 0.357 e. The number of anilines is 3. The number of hydrogen-bond donors (Lipinski definition) is 2. The first kappa shape index (κ1) is 14.1. The topological polar surface area (TPSA) is 49.8 Å². The van der Waals surface area contributed by atoms with E-state index in [0.717, 1.165) is 33.3 Å². The first-order valence-electron chi connectivity index (χ1n) is 7.18. The van der Waals surface area contributed by atoms with Gasteiger partial charge in [0.2, 0.25) is 5.95 Å². The zero-order valence-electron chi connectivity index (χ0n) is 12.5. The lowest BCUT2D eigenvalue weighted by atomic mass is 10.1. The van der Waals surface area contributed by atoms with E-state index < -0.39 is 0 Å². The molecule has 1 aromatic heterocycles. The van der Waals surface area contributed by atoms with E-state index in [2.05, 4.69) is 27.5 Å². The quantitative estimate of drug-likeness (QED) is 0.878. The molecule has 0 radical (unpaired) electrons. The Bertz CT molecular complexity index is 680. The lowest BCUT2D eigenvalue weighted by Gasteiger charge is -2.14. The molecule has 1 aliphatic carbocycles. The molecule has 2 N–H and O–H groups in total. The van der Waals surface area contributed by atoms with Crippen LogP contribution in [0.2, 0.25) is 5.02 Å². The lowest BCUT2D eigenvalue weighted by Crippen LogP contribution is -2.04. The SMILES string of the molecule is CNc1nc(Nc2c(C)ccc(Cl)c2C)cc(C2CC2)n1. The van der Waals surface area contributed by atoms with Gasteiger partial charge in [-0.05, 0) is 43.9 Å². The van der Waals surface area contributed by atoms with Gasteiger partial charge in [-0.2, -0.15) is 4.98 Å². The lowest BCUT2D eigenvalue weighted by molar-refractivity contribution is 0.991. The fraction of sp³-hybridized carbons (Fsp3) is 0.375. The van der Waals surface area contributed by atoms with Crippen LogP contribution in [0, 0.1) is 13.8 Å². The molecule has 0 bridgehead atoms. The number of benzene rings is 1. The van der Waals surface area contributed by atoms with E-state index >= 15 is 0 Å². The number of nitrogens with zero attached hydrogens (tertiary/aromatic N) is 2. The second-order valence-electron chi connectivity index (χ2n) is 5.52. The van der Waals surface area contributed by atoms with Gasteiger partial charge in [-0.15, -0.1) is 0 Å². The standard InChI is InChI=1S/C16H19ClN4/c1-9-4-7-12(17)10(2)15(9)20-14-8-13(11-5-6-11)19-16(18-3)21-14/h4,7-8,11H,5-6H2,1-3H3,(H2,18,19,20,21). The summed E-state index contributed by atoms with van der Waals surface area (Å²) in [6.45, 7) is 4.08. The third kappa shape index (κ3) is 2.95. The molecular weight excluding hydrogens is 284 g/mol. The average Bonchev–Trinajstić information content (AvgIpc) is 3.32. The van der Waals surface area contributed by atoms with Gasteiger partial charge in [0.25, 0.3) is 0 Å². The van der Waals surface area contributed by atoms with Gasteiger partial charge in [-0.1, -0.05) is 17.7 Å². The summed E-state index contributed by atoms with van der Waals surface area (Å²) in [5.41, 5.74) is 4.31. The van der Waals surface area contributed by atoms with Gasteiger partial charge in [0.1, 0.15) is 5.82 Å². The van der Waals surface area contributed by atoms with Crippen LogP contribution in [-0.2, 0) is 0 Å². The molecule has 0 unspecified atom stereocenters. The van der Waals surface area contributed by atoms with E-state index in [0.29, 0.717) is 11.9 Å². The summed E-state index contributed by atoms with van der Waals surface area (Å²) in [4.78, 5) is 9.02. The first-order valence-corrected chi connectivity index (χ1v) is 7.55. The third-order valence-electron chi connectivity index (χ3n) is 3.83. The van der Waals surface area contributed by atoms with Crippen LogP contribution in [0.25, 0.3) is 0 Å². The zero-order valence-corrected chi connectivity index (χ0v) is 13.3. The molecule has 0 atom stereocenters. The Morgan fingerprint density at radius 3 is 2.62 bits per heavy atom. The highest BCUT2D eigenvalue weighted by atomic mass is 35.5. The molecule has 5 heteroatoms. The minimum absolute atomic E-state index is 0.585. The van der Waals surface area contributed by atoms with Gasteiger partial charge in [0.15, 0.2) is 0 Å². The number of rotatable bonds is 4. The van der Waals surface area contributed by atoms with Crippen LogP contribution in [-0.4, -0.2) is 17.0 Å². The van der Waals surface area contributed by atoms with Gasteiger partial charge in [-0.3, -0.25) is 0 Å². The third-order valence-corrected chi connectivity index (χ3v) is 4.23. The number of nitrogens with one attached hydrogen (secondary N) is 2. The smallest absolute Gasteiger partial charge is 0.224 e. The van der Waals surface area contributed by atoms with Crippen LogP contribution in [0.5, 0.6) is 0 Å². The Kier molecular flexibility index (Phi) is 3.72. The summed E-state index contributed by atoms with van der Waals surface area (Å²) < 4.78 is 0. The molecule has 2 aromatic rings. The van der Waals surface area contributed by atoms with Crippen LogP contribution in [0.1, 0.15) is 35.6 Å². The maximum absolute atomic E-state index is 6.22. The summed E-state index contributed by atoms with van der Waals surface area (Å²) in [7, 11) is 1.84. The number of aryl methyl sites for hydroxylation is 1. The molecular formula is C16H19ClN4. The van der Waals surface area contributed by atoms with Gasteiger partial charge in [-0.25, -0.2) is 4.98 Å². The molecule has 110 valence electrons. The minimum atomic E-state index is 0.585. The zero-order chi connectivity index (χ0) is 15.0. The number of halogens is 1. The Hall–Kier alpha value is -1.81. The molecule has 1 heterocycles. The normalized spacial score (nSPS) is 14.1. The van der Waals surface area contributed by atoms with Crippen LogP contribution >= 0.6 is 11.6 Å². The van der Waals surface area contributed by atoms with Crippen molar-refractivity contribution >= 4 is 29.1 Å². The van der Waals surface area contributed by atoms with Crippen molar-refractivity contribution in [3.63, 3.8) is 0 Å². The molecule has 0 saturated heterocycles. The fourth-order valence-corrected chi connectivity index (χ4v) is 2.53. The summed E-state index contributed by atoms with van der Waals surface area (Å²) in [6.07, 6.45) is 2.43. The van der Waals surface area contributed by atoms with Crippen molar-refractivity contribution in [3.05, 3.63) is 40.0 Å². The van der Waals surface area contributed by atoms with Gasteiger partial charge >= 0.3 is 0 Å². The summed E-state index contributed by atoms with van der Waals surface area (Å²) in [5.74, 6) is 2.05. The molecule has 1 aromatic carbocycles. The van der Waals surface area contributed by atoms with Gasteiger partial charge in [0, 0.05) is 29.7 Å². The van der Waals surface area contributed by atoms with Crippen LogP contribution < -0.4 is 10.6 Å². The molecule has 3 rings (SSSR count). The Morgan fingerprint density at radius 2 is 1.95 bits per heavy atom. The van der Waals surface area contributed by atoms with E-state index in [1.807, 2.05) is 32.2 Å². The van der Waals surface area contributed by atoms with Gasteiger partial charge in [0.05, 0.1) is 5.69 Å².